The third-order valence-electron chi connectivity index (χ3n) is 3.23. The summed E-state index contributed by atoms with van der Waals surface area (Å²) in [6.45, 7) is 6.31. The number of rotatable bonds is 9. The van der Waals surface area contributed by atoms with Crippen LogP contribution in [-0.2, 0) is 6.54 Å². The lowest BCUT2D eigenvalue weighted by Crippen LogP contribution is -2.30. The van der Waals surface area contributed by atoms with Crippen molar-refractivity contribution in [2.45, 2.75) is 19.9 Å². The van der Waals surface area contributed by atoms with Gasteiger partial charge in [0.05, 0.1) is 18.4 Å². The summed E-state index contributed by atoms with van der Waals surface area (Å²) >= 11 is 0. The van der Waals surface area contributed by atoms with Crippen LogP contribution in [0.5, 0.6) is 0 Å². The van der Waals surface area contributed by atoms with Gasteiger partial charge in [0.1, 0.15) is 0 Å². The second kappa shape index (κ2) is 8.71. The summed E-state index contributed by atoms with van der Waals surface area (Å²) in [5, 5.41) is 7.54. The molecule has 1 N–H and O–H groups in total. The first-order valence-corrected chi connectivity index (χ1v) is 7.18. The van der Waals surface area contributed by atoms with Gasteiger partial charge in [-0.3, -0.25) is 4.79 Å². The molecule has 0 fully saturated rings. The van der Waals surface area contributed by atoms with E-state index in [1.165, 1.54) is 4.68 Å². The molecule has 1 heterocycles. The fraction of sp³-hybridized carbons (Fsp3) is 0.714. The zero-order chi connectivity index (χ0) is 15.0. The molecule has 0 atom stereocenters. The van der Waals surface area contributed by atoms with Crippen LogP contribution in [0.4, 0.5) is 5.69 Å². The van der Waals surface area contributed by atoms with Crippen molar-refractivity contribution < 1.29 is 0 Å². The average Bonchev–Trinajstić information content (AvgIpc) is 2.42. The van der Waals surface area contributed by atoms with E-state index < -0.39 is 0 Å². The zero-order valence-electron chi connectivity index (χ0n) is 13.1. The van der Waals surface area contributed by atoms with E-state index in [-0.39, 0.29) is 5.56 Å². The van der Waals surface area contributed by atoms with Gasteiger partial charge in [0.2, 0.25) is 0 Å². The Bertz CT molecular complexity index is 443. The summed E-state index contributed by atoms with van der Waals surface area (Å²) in [7, 11) is 6.09. The molecule has 1 rings (SSSR count). The highest BCUT2D eigenvalue weighted by molar-refractivity contribution is 5.41. The first kappa shape index (κ1) is 16.7. The van der Waals surface area contributed by atoms with Crippen molar-refractivity contribution in [1.29, 1.82) is 0 Å². The van der Waals surface area contributed by atoms with Crippen LogP contribution in [0, 0.1) is 0 Å². The molecule has 0 aliphatic carbocycles. The highest BCUT2D eigenvalue weighted by atomic mass is 16.1. The van der Waals surface area contributed by atoms with Crippen LogP contribution >= 0.6 is 0 Å². The smallest absolute Gasteiger partial charge is 0.268 e. The fourth-order valence-corrected chi connectivity index (χ4v) is 1.81. The maximum Gasteiger partial charge on any atom is 0.268 e. The van der Waals surface area contributed by atoms with Crippen LogP contribution in [0.2, 0.25) is 0 Å². The Morgan fingerprint density at radius 3 is 2.65 bits per heavy atom. The Morgan fingerprint density at radius 2 is 2.05 bits per heavy atom. The van der Waals surface area contributed by atoms with Crippen molar-refractivity contribution >= 4 is 5.69 Å². The maximum absolute atomic E-state index is 11.9. The summed E-state index contributed by atoms with van der Waals surface area (Å²) in [6, 6.07) is 1.64. The minimum absolute atomic E-state index is 0.0436. The molecule has 0 unspecified atom stereocenters. The van der Waals surface area contributed by atoms with Crippen molar-refractivity contribution in [2.75, 3.05) is 52.2 Å². The number of hydrogen-bond donors (Lipinski definition) is 1. The summed E-state index contributed by atoms with van der Waals surface area (Å²) in [5.41, 5.74) is 0.825. The van der Waals surface area contributed by atoms with E-state index in [0.29, 0.717) is 6.54 Å². The van der Waals surface area contributed by atoms with Gasteiger partial charge in [-0.2, -0.15) is 5.10 Å². The third kappa shape index (κ3) is 5.71. The lowest BCUT2D eigenvalue weighted by Gasteiger charge is -2.16. The molecule has 0 aliphatic rings. The first-order chi connectivity index (χ1) is 9.54. The van der Waals surface area contributed by atoms with Crippen LogP contribution in [0.25, 0.3) is 0 Å². The maximum atomic E-state index is 11.9. The minimum Gasteiger partial charge on any atom is -0.373 e. The van der Waals surface area contributed by atoms with E-state index in [2.05, 4.69) is 29.4 Å². The SMILES string of the molecule is CCN(C)c1cnn(CCNCCCN(C)C)c(=O)c1. The number of nitrogens with one attached hydrogen (secondary N) is 1. The van der Waals surface area contributed by atoms with Gasteiger partial charge in [0, 0.05) is 26.2 Å². The Morgan fingerprint density at radius 1 is 1.30 bits per heavy atom. The van der Waals surface area contributed by atoms with Gasteiger partial charge in [-0.25, -0.2) is 4.68 Å². The van der Waals surface area contributed by atoms with E-state index >= 15 is 0 Å². The number of aromatic nitrogens is 2. The lowest BCUT2D eigenvalue weighted by atomic mass is 10.4. The Hall–Kier alpha value is -1.40. The molecule has 114 valence electrons. The van der Waals surface area contributed by atoms with Crippen LogP contribution in [0.1, 0.15) is 13.3 Å². The molecule has 0 saturated carbocycles. The normalized spacial score (nSPS) is 11.1. The average molecular weight is 281 g/mol. The van der Waals surface area contributed by atoms with Gasteiger partial charge in [-0.05, 0) is 40.5 Å². The Balaban J connectivity index is 2.36. The van der Waals surface area contributed by atoms with Crippen molar-refractivity contribution in [3.05, 3.63) is 22.6 Å². The van der Waals surface area contributed by atoms with Crippen LogP contribution in [0.3, 0.4) is 0 Å². The van der Waals surface area contributed by atoms with Gasteiger partial charge in [-0.15, -0.1) is 0 Å². The molecule has 0 amide bonds. The van der Waals surface area contributed by atoms with Gasteiger partial charge in [0.15, 0.2) is 0 Å². The number of hydrogen-bond acceptors (Lipinski definition) is 5. The van der Waals surface area contributed by atoms with E-state index in [9.17, 15) is 4.79 Å². The predicted octanol–water partition coefficient (Wildman–Crippen LogP) is 0.241. The molecule has 0 spiro atoms. The Kier molecular flexibility index (Phi) is 7.25. The van der Waals surface area contributed by atoms with Crippen LogP contribution < -0.4 is 15.8 Å². The molecule has 0 radical (unpaired) electrons. The van der Waals surface area contributed by atoms with Crippen LogP contribution in [-0.4, -0.2) is 62.0 Å². The van der Waals surface area contributed by atoms with Gasteiger partial charge in [0.25, 0.3) is 5.56 Å². The number of nitrogens with zero attached hydrogens (tertiary/aromatic N) is 4. The highest BCUT2D eigenvalue weighted by Crippen LogP contribution is 2.05. The second-order valence-corrected chi connectivity index (χ2v) is 5.20. The highest BCUT2D eigenvalue weighted by Gasteiger charge is 2.02. The molecule has 0 saturated heterocycles. The summed E-state index contributed by atoms with van der Waals surface area (Å²) in [6.07, 6.45) is 2.85. The predicted molar refractivity (Wildman–Crippen MR) is 83.5 cm³/mol. The lowest BCUT2D eigenvalue weighted by molar-refractivity contribution is 0.392. The fourth-order valence-electron chi connectivity index (χ4n) is 1.81. The number of anilines is 1. The Labute approximate surface area is 121 Å². The molecule has 0 aliphatic heterocycles. The zero-order valence-corrected chi connectivity index (χ0v) is 13.1. The monoisotopic (exact) mass is 281 g/mol. The van der Waals surface area contributed by atoms with Gasteiger partial charge < -0.3 is 15.1 Å². The summed E-state index contributed by atoms with van der Waals surface area (Å²) in [4.78, 5) is 16.1. The first-order valence-electron chi connectivity index (χ1n) is 7.18. The molecule has 1 aromatic heterocycles. The van der Waals surface area contributed by atoms with E-state index in [1.807, 2.05) is 18.9 Å². The van der Waals surface area contributed by atoms with Crippen molar-refractivity contribution in [1.82, 2.24) is 20.0 Å². The minimum atomic E-state index is -0.0436. The topological polar surface area (TPSA) is 53.4 Å². The van der Waals surface area contributed by atoms with E-state index in [0.717, 1.165) is 38.3 Å². The molecule has 0 bridgehead atoms. The quantitative estimate of drug-likeness (QED) is 0.657. The molecule has 20 heavy (non-hydrogen) atoms. The molecule has 6 heteroatoms. The van der Waals surface area contributed by atoms with Crippen molar-refractivity contribution in [3.63, 3.8) is 0 Å². The summed E-state index contributed by atoms with van der Waals surface area (Å²) < 4.78 is 1.51. The second-order valence-electron chi connectivity index (χ2n) is 5.20. The molecule has 0 aromatic carbocycles. The summed E-state index contributed by atoms with van der Waals surface area (Å²) in [5.74, 6) is 0. The van der Waals surface area contributed by atoms with Crippen molar-refractivity contribution in [2.24, 2.45) is 0 Å². The standard InChI is InChI=1S/C14H27N5O/c1-5-18(4)13-11-14(20)19(16-12-13)10-8-15-7-6-9-17(2)3/h11-12,15H,5-10H2,1-4H3. The van der Waals surface area contributed by atoms with Crippen molar-refractivity contribution in [3.8, 4) is 0 Å². The molecular weight excluding hydrogens is 254 g/mol. The van der Waals surface area contributed by atoms with Gasteiger partial charge in [-0.1, -0.05) is 0 Å². The molecule has 1 aromatic rings. The van der Waals surface area contributed by atoms with Gasteiger partial charge >= 0.3 is 0 Å². The van der Waals surface area contributed by atoms with Crippen LogP contribution in [0.15, 0.2) is 17.1 Å². The molecular formula is C14H27N5O. The molecule has 6 nitrogen and oxygen atoms in total. The van der Waals surface area contributed by atoms with E-state index in [1.54, 1.807) is 12.3 Å². The van der Waals surface area contributed by atoms with E-state index in [4.69, 9.17) is 0 Å². The third-order valence-corrected chi connectivity index (χ3v) is 3.23. The largest absolute Gasteiger partial charge is 0.373 e.